The predicted molar refractivity (Wildman–Crippen MR) is 47.9 cm³/mol. The number of rotatable bonds is 2. The Labute approximate surface area is 72.8 Å². The van der Waals surface area contributed by atoms with Crippen LogP contribution in [0.3, 0.4) is 0 Å². The van der Waals surface area contributed by atoms with Crippen molar-refractivity contribution < 1.29 is 0 Å². The van der Waals surface area contributed by atoms with Crippen LogP contribution in [0.5, 0.6) is 0 Å². The summed E-state index contributed by atoms with van der Waals surface area (Å²) < 4.78 is 0. The van der Waals surface area contributed by atoms with Crippen LogP contribution in [0.15, 0.2) is 12.4 Å². The van der Waals surface area contributed by atoms with E-state index in [4.69, 9.17) is 0 Å². The number of H-pyrrole nitrogens is 1. The number of aromatic nitrogens is 2. The monoisotopic (exact) mass is 165 g/mol. The van der Waals surface area contributed by atoms with Crippen LogP contribution in [0.2, 0.25) is 0 Å². The highest BCUT2D eigenvalue weighted by Crippen LogP contribution is 2.18. The fraction of sp³-hybridized carbons (Fsp3) is 0.667. The second kappa shape index (κ2) is 3.27. The molecule has 1 saturated heterocycles. The standard InChI is InChI=1S/C9H15N3/c1-12-4-2-3-9(12)5-8-6-10-11-7-8/h6-7,9H,2-5H2,1H3,(H,10,11). The molecule has 1 aliphatic rings. The molecule has 1 N–H and O–H groups in total. The Hall–Kier alpha value is -0.830. The average Bonchev–Trinajstić information content (AvgIpc) is 2.65. The van der Waals surface area contributed by atoms with Crippen LogP contribution < -0.4 is 0 Å². The summed E-state index contributed by atoms with van der Waals surface area (Å²) in [6.07, 6.45) is 7.74. The number of hydrogen-bond acceptors (Lipinski definition) is 2. The van der Waals surface area contributed by atoms with E-state index >= 15 is 0 Å². The van der Waals surface area contributed by atoms with E-state index in [0.29, 0.717) is 0 Å². The second-order valence-electron chi connectivity index (χ2n) is 3.59. The van der Waals surface area contributed by atoms with E-state index in [1.807, 2.05) is 12.4 Å². The largest absolute Gasteiger partial charge is 0.303 e. The zero-order chi connectivity index (χ0) is 8.39. The second-order valence-corrected chi connectivity index (χ2v) is 3.59. The first-order valence-corrected chi connectivity index (χ1v) is 4.54. The maximum atomic E-state index is 3.95. The van der Waals surface area contributed by atoms with Crippen molar-refractivity contribution in [2.24, 2.45) is 0 Å². The average molecular weight is 165 g/mol. The molecule has 0 saturated carbocycles. The van der Waals surface area contributed by atoms with Gasteiger partial charge in [-0.05, 0) is 38.4 Å². The highest BCUT2D eigenvalue weighted by atomic mass is 15.1. The summed E-state index contributed by atoms with van der Waals surface area (Å²) >= 11 is 0. The molecule has 0 aromatic carbocycles. The highest BCUT2D eigenvalue weighted by molar-refractivity contribution is 5.05. The first-order chi connectivity index (χ1) is 5.86. The Morgan fingerprint density at radius 3 is 3.25 bits per heavy atom. The summed E-state index contributed by atoms with van der Waals surface area (Å²) in [5, 5.41) is 6.80. The first-order valence-electron chi connectivity index (χ1n) is 4.54. The quantitative estimate of drug-likeness (QED) is 0.710. The molecule has 66 valence electrons. The SMILES string of the molecule is CN1CCCC1Cc1cn[nH]c1. The number of likely N-dealkylation sites (tertiary alicyclic amines) is 1. The zero-order valence-corrected chi connectivity index (χ0v) is 7.45. The van der Waals surface area contributed by atoms with Gasteiger partial charge in [0.25, 0.3) is 0 Å². The topological polar surface area (TPSA) is 31.9 Å². The van der Waals surface area contributed by atoms with Gasteiger partial charge in [0.05, 0.1) is 6.20 Å². The number of aromatic amines is 1. The number of likely N-dealkylation sites (N-methyl/N-ethyl adjacent to an activating group) is 1. The molecule has 2 rings (SSSR count). The Kier molecular flexibility index (Phi) is 2.13. The molecule has 1 aliphatic heterocycles. The molecule has 2 heterocycles. The van der Waals surface area contributed by atoms with Gasteiger partial charge in [-0.2, -0.15) is 5.10 Å². The number of nitrogens with zero attached hydrogens (tertiary/aromatic N) is 2. The van der Waals surface area contributed by atoms with Crippen molar-refractivity contribution in [3.8, 4) is 0 Å². The minimum absolute atomic E-state index is 0.739. The lowest BCUT2D eigenvalue weighted by Gasteiger charge is -2.17. The normalized spacial score (nSPS) is 24.9. The van der Waals surface area contributed by atoms with Crippen molar-refractivity contribution in [2.75, 3.05) is 13.6 Å². The Morgan fingerprint density at radius 2 is 2.67 bits per heavy atom. The van der Waals surface area contributed by atoms with Crippen molar-refractivity contribution >= 4 is 0 Å². The summed E-state index contributed by atoms with van der Waals surface area (Å²) in [5.41, 5.74) is 1.33. The first kappa shape index (κ1) is 7.80. The summed E-state index contributed by atoms with van der Waals surface area (Å²) in [6, 6.07) is 0.739. The molecule has 0 radical (unpaired) electrons. The highest BCUT2D eigenvalue weighted by Gasteiger charge is 2.20. The number of hydrogen-bond donors (Lipinski definition) is 1. The molecule has 0 amide bonds. The van der Waals surface area contributed by atoms with E-state index in [1.54, 1.807) is 0 Å². The molecule has 3 nitrogen and oxygen atoms in total. The third-order valence-corrected chi connectivity index (χ3v) is 2.70. The summed E-state index contributed by atoms with van der Waals surface area (Å²) in [5.74, 6) is 0. The maximum Gasteiger partial charge on any atom is 0.0519 e. The van der Waals surface area contributed by atoms with E-state index < -0.39 is 0 Å². The van der Waals surface area contributed by atoms with E-state index in [0.717, 1.165) is 12.5 Å². The molecule has 0 spiro atoms. The van der Waals surface area contributed by atoms with Gasteiger partial charge in [0.1, 0.15) is 0 Å². The molecule has 1 fully saturated rings. The fourth-order valence-corrected chi connectivity index (χ4v) is 1.90. The summed E-state index contributed by atoms with van der Waals surface area (Å²) in [4.78, 5) is 2.44. The molecule has 0 aliphatic carbocycles. The van der Waals surface area contributed by atoms with Crippen molar-refractivity contribution in [3.63, 3.8) is 0 Å². The van der Waals surface area contributed by atoms with Crippen LogP contribution in [-0.4, -0.2) is 34.7 Å². The smallest absolute Gasteiger partial charge is 0.0519 e. The van der Waals surface area contributed by atoms with Gasteiger partial charge in [0, 0.05) is 12.2 Å². The molecular formula is C9H15N3. The summed E-state index contributed by atoms with van der Waals surface area (Å²) in [7, 11) is 2.21. The predicted octanol–water partition coefficient (Wildman–Crippen LogP) is 1.05. The van der Waals surface area contributed by atoms with Crippen molar-refractivity contribution in [1.82, 2.24) is 15.1 Å². The Bertz CT molecular complexity index is 230. The van der Waals surface area contributed by atoms with Crippen molar-refractivity contribution in [1.29, 1.82) is 0 Å². The summed E-state index contributed by atoms with van der Waals surface area (Å²) in [6.45, 7) is 1.25. The van der Waals surface area contributed by atoms with E-state index in [9.17, 15) is 0 Å². The molecule has 3 heteroatoms. The van der Waals surface area contributed by atoms with Crippen LogP contribution in [-0.2, 0) is 6.42 Å². The van der Waals surface area contributed by atoms with Gasteiger partial charge >= 0.3 is 0 Å². The third kappa shape index (κ3) is 1.50. The van der Waals surface area contributed by atoms with Crippen LogP contribution in [0, 0.1) is 0 Å². The molecular weight excluding hydrogens is 150 g/mol. The molecule has 1 atom stereocenters. The fourth-order valence-electron chi connectivity index (χ4n) is 1.90. The minimum Gasteiger partial charge on any atom is -0.303 e. The van der Waals surface area contributed by atoms with Crippen LogP contribution in [0.4, 0.5) is 0 Å². The van der Waals surface area contributed by atoms with Gasteiger partial charge in [-0.25, -0.2) is 0 Å². The Morgan fingerprint density at radius 1 is 1.75 bits per heavy atom. The van der Waals surface area contributed by atoms with Crippen molar-refractivity contribution in [3.05, 3.63) is 18.0 Å². The zero-order valence-electron chi connectivity index (χ0n) is 7.45. The van der Waals surface area contributed by atoms with Crippen LogP contribution >= 0.6 is 0 Å². The van der Waals surface area contributed by atoms with Gasteiger partial charge < -0.3 is 4.90 Å². The van der Waals surface area contributed by atoms with Gasteiger partial charge in [-0.1, -0.05) is 0 Å². The van der Waals surface area contributed by atoms with Gasteiger partial charge in [-0.3, -0.25) is 5.10 Å². The van der Waals surface area contributed by atoms with Gasteiger partial charge in [0.15, 0.2) is 0 Å². The Balaban J connectivity index is 1.95. The van der Waals surface area contributed by atoms with E-state index in [1.165, 1.54) is 24.9 Å². The van der Waals surface area contributed by atoms with Gasteiger partial charge in [-0.15, -0.1) is 0 Å². The van der Waals surface area contributed by atoms with E-state index in [2.05, 4.69) is 22.1 Å². The molecule has 12 heavy (non-hydrogen) atoms. The lowest BCUT2D eigenvalue weighted by Crippen LogP contribution is -2.26. The molecule has 1 aromatic heterocycles. The van der Waals surface area contributed by atoms with E-state index in [-0.39, 0.29) is 0 Å². The van der Waals surface area contributed by atoms with Crippen molar-refractivity contribution in [2.45, 2.75) is 25.3 Å². The molecule has 1 unspecified atom stereocenters. The van der Waals surface area contributed by atoms with Crippen LogP contribution in [0.25, 0.3) is 0 Å². The third-order valence-electron chi connectivity index (χ3n) is 2.70. The lowest BCUT2D eigenvalue weighted by atomic mass is 10.1. The minimum atomic E-state index is 0.739. The lowest BCUT2D eigenvalue weighted by molar-refractivity contribution is 0.309. The number of nitrogens with one attached hydrogen (secondary N) is 1. The maximum absolute atomic E-state index is 3.95. The van der Waals surface area contributed by atoms with Gasteiger partial charge in [0.2, 0.25) is 0 Å². The molecule has 0 bridgehead atoms. The van der Waals surface area contributed by atoms with Crippen LogP contribution in [0.1, 0.15) is 18.4 Å². The molecule has 1 aromatic rings.